The first kappa shape index (κ1) is 13.7. The lowest BCUT2D eigenvalue weighted by molar-refractivity contribution is -0.114. The lowest BCUT2D eigenvalue weighted by atomic mass is 10.1. The van der Waals surface area contributed by atoms with E-state index in [4.69, 9.17) is 0 Å². The van der Waals surface area contributed by atoms with Gasteiger partial charge < -0.3 is 5.11 Å². The maximum absolute atomic E-state index is 11.6. The van der Waals surface area contributed by atoms with E-state index in [1.165, 1.54) is 6.08 Å². The van der Waals surface area contributed by atoms with Crippen LogP contribution < -0.4 is 0 Å². The molecule has 0 bridgehead atoms. The first-order valence-electron chi connectivity index (χ1n) is 6.15. The third-order valence-electron chi connectivity index (χ3n) is 2.58. The van der Waals surface area contributed by atoms with Gasteiger partial charge in [0.2, 0.25) is 0 Å². The molecule has 0 amide bonds. The Balaban J connectivity index is 2.36. The summed E-state index contributed by atoms with van der Waals surface area (Å²) in [5, 5.41) is 9.56. The summed E-state index contributed by atoms with van der Waals surface area (Å²) in [7, 11) is 0. The minimum atomic E-state index is -0.491. The molecule has 0 saturated heterocycles. The maximum atomic E-state index is 11.6. The highest BCUT2D eigenvalue weighted by Gasteiger charge is 2.01. The van der Waals surface area contributed by atoms with Crippen LogP contribution in [-0.2, 0) is 11.2 Å². The quantitative estimate of drug-likeness (QED) is 0.734. The number of carbonyl (C=O) groups excluding carboxylic acids is 1. The van der Waals surface area contributed by atoms with Crippen LogP contribution in [-0.4, -0.2) is 17.0 Å². The van der Waals surface area contributed by atoms with Crippen molar-refractivity contribution in [1.82, 2.24) is 0 Å². The summed E-state index contributed by atoms with van der Waals surface area (Å²) in [5.74, 6) is 0.0340. The number of benzene rings is 1. The SMILES string of the molecule is CCCCC(O)/C=C/C(=O)Cc1ccccc1. The number of unbranched alkanes of at least 4 members (excludes halogenated alkanes) is 1. The minimum absolute atomic E-state index is 0.0340. The van der Waals surface area contributed by atoms with Gasteiger partial charge in [-0.1, -0.05) is 56.2 Å². The van der Waals surface area contributed by atoms with Gasteiger partial charge in [-0.15, -0.1) is 0 Å². The second-order valence-electron chi connectivity index (χ2n) is 4.20. The molecule has 1 N–H and O–H groups in total. The Morgan fingerprint density at radius 2 is 2.06 bits per heavy atom. The molecule has 1 aromatic rings. The number of ketones is 1. The van der Waals surface area contributed by atoms with Crippen molar-refractivity contribution in [1.29, 1.82) is 0 Å². The van der Waals surface area contributed by atoms with E-state index in [0.717, 1.165) is 24.8 Å². The zero-order valence-electron chi connectivity index (χ0n) is 10.3. The Bertz CT molecular complexity index is 354. The molecule has 0 radical (unpaired) electrons. The van der Waals surface area contributed by atoms with Crippen LogP contribution in [0.1, 0.15) is 31.7 Å². The topological polar surface area (TPSA) is 37.3 Å². The van der Waals surface area contributed by atoms with Gasteiger partial charge in [-0.25, -0.2) is 0 Å². The summed E-state index contributed by atoms with van der Waals surface area (Å²) in [5.41, 5.74) is 1.00. The summed E-state index contributed by atoms with van der Waals surface area (Å²) in [4.78, 5) is 11.6. The second-order valence-corrected chi connectivity index (χ2v) is 4.20. The predicted octanol–water partition coefficient (Wildman–Crippen LogP) is 2.91. The van der Waals surface area contributed by atoms with E-state index < -0.39 is 6.10 Å². The highest BCUT2D eigenvalue weighted by Crippen LogP contribution is 2.03. The Labute approximate surface area is 103 Å². The van der Waals surface area contributed by atoms with Crippen molar-refractivity contribution in [3.8, 4) is 0 Å². The standard InChI is InChI=1S/C15H20O2/c1-2-3-9-14(16)10-11-15(17)12-13-7-5-4-6-8-13/h4-8,10-11,14,16H,2-3,9,12H2,1H3/b11-10+. The second kappa shape index (κ2) is 7.80. The molecule has 0 heterocycles. The van der Waals surface area contributed by atoms with E-state index in [1.54, 1.807) is 6.08 Å². The Morgan fingerprint density at radius 1 is 1.35 bits per heavy atom. The van der Waals surface area contributed by atoms with Gasteiger partial charge in [0.25, 0.3) is 0 Å². The van der Waals surface area contributed by atoms with Crippen molar-refractivity contribution in [3.63, 3.8) is 0 Å². The molecule has 0 aliphatic rings. The first-order chi connectivity index (χ1) is 8.22. The van der Waals surface area contributed by atoms with Crippen LogP contribution in [0.4, 0.5) is 0 Å². The molecule has 0 saturated carbocycles. The molecule has 1 rings (SSSR count). The van der Waals surface area contributed by atoms with Gasteiger partial charge in [0.1, 0.15) is 0 Å². The van der Waals surface area contributed by atoms with Crippen molar-refractivity contribution >= 4 is 5.78 Å². The Kier molecular flexibility index (Phi) is 6.26. The highest BCUT2D eigenvalue weighted by molar-refractivity contribution is 5.91. The molecule has 0 fully saturated rings. The monoisotopic (exact) mass is 232 g/mol. The average Bonchev–Trinajstić information content (AvgIpc) is 2.35. The number of aliphatic hydroxyl groups excluding tert-OH is 1. The fourth-order valence-electron chi connectivity index (χ4n) is 1.58. The number of carbonyl (C=O) groups is 1. The smallest absolute Gasteiger partial charge is 0.159 e. The van der Waals surface area contributed by atoms with Crippen LogP contribution in [0.3, 0.4) is 0 Å². The first-order valence-corrected chi connectivity index (χ1v) is 6.15. The molecule has 17 heavy (non-hydrogen) atoms. The summed E-state index contributed by atoms with van der Waals surface area (Å²) >= 11 is 0. The van der Waals surface area contributed by atoms with Crippen molar-refractivity contribution in [2.75, 3.05) is 0 Å². The number of hydrogen-bond acceptors (Lipinski definition) is 2. The summed E-state index contributed by atoms with van der Waals surface area (Å²) in [6.45, 7) is 2.08. The molecule has 1 atom stereocenters. The van der Waals surface area contributed by atoms with Crippen LogP contribution in [0.25, 0.3) is 0 Å². The van der Waals surface area contributed by atoms with Crippen molar-refractivity contribution in [2.24, 2.45) is 0 Å². The van der Waals surface area contributed by atoms with Crippen LogP contribution in [0.15, 0.2) is 42.5 Å². The molecule has 0 aromatic heterocycles. The largest absolute Gasteiger partial charge is 0.389 e. The van der Waals surface area contributed by atoms with E-state index >= 15 is 0 Å². The number of hydrogen-bond donors (Lipinski definition) is 1. The number of aliphatic hydroxyl groups is 1. The van der Waals surface area contributed by atoms with Crippen molar-refractivity contribution < 1.29 is 9.90 Å². The highest BCUT2D eigenvalue weighted by atomic mass is 16.3. The fourth-order valence-corrected chi connectivity index (χ4v) is 1.58. The third-order valence-corrected chi connectivity index (χ3v) is 2.58. The molecule has 2 heteroatoms. The zero-order valence-corrected chi connectivity index (χ0v) is 10.3. The normalized spacial score (nSPS) is 12.8. The van der Waals surface area contributed by atoms with Gasteiger partial charge in [0.15, 0.2) is 5.78 Å². The summed E-state index contributed by atoms with van der Waals surface area (Å²) in [6, 6.07) is 9.63. The van der Waals surface area contributed by atoms with Gasteiger partial charge in [-0.2, -0.15) is 0 Å². The summed E-state index contributed by atoms with van der Waals surface area (Å²) in [6.07, 6.45) is 5.77. The van der Waals surface area contributed by atoms with Gasteiger partial charge in [-0.05, 0) is 18.1 Å². The van der Waals surface area contributed by atoms with Crippen LogP contribution in [0.5, 0.6) is 0 Å². The zero-order chi connectivity index (χ0) is 12.5. The van der Waals surface area contributed by atoms with Crippen LogP contribution >= 0.6 is 0 Å². The molecular formula is C15H20O2. The molecule has 0 spiro atoms. The molecule has 1 unspecified atom stereocenters. The Hall–Kier alpha value is -1.41. The van der Waals surface area contributed by atoms with Gasteiger partial charge >= 0.3 is 0 Å². The molecule has 92 valence electrons. The lowest BCUT2D eigenvalue weighted by Gasteiger charge is -2.03. The van der Waals surface area contributed by atoms with E-state index in [1.807, 2.05) is 30.3 Å². The molecular weight excluding hydrogens is 212 g/mol. The van der Waals surface area contributed by atoms with Gasteiger partial charge in [0, 0.05) is 6.42 Å². The third kappa shape index (κ3) is 6.03. The van der Waals surface area contributed by atoms with Gasteiger partial charge in [-0.3, -0.25) is 4.79 Å². The Morgan fingerprint density at radius 3 is 2.71 bits per heavy atom. The molecule has 2 nitrogen and oxygen atoms in total. The number of allylic oxidation sites excluding steroid dienone is 1. The molecule has 0 aliphatic heterocycles. The van der Waals surface area contributed by atoms with Gasteiger partial charge in [0.05, 0.1) is 6.10 Å². The predicted molar refractivity (Wildman–Crippen MR) is 69.8 cm³/mol. The van der Waals surface area contributed by atoms with E-state index in [-0.39, 0.29) is 5.78 Å². The van der Waals surface area contributed by atoms with E-state index in [9.17, 15) is 9.90 Å². The lowest BCUT2D eigenvalue weighted by Crippen LogP contribution is -2.04. The average molecular weight is 232 g/mol. The van der Waals surface area contributed by atoms with E-state index in [2.05, 4.69) is 6.92 Å². The summed E-state index contributed by atoms with van der Waals surface area (Å²) < 4.78 is 0. The molecule has 1 aromatic carbocycles. The van der Waals surface area contributed by atoms with Crippen LogP contribution in [0, 0.1) is 0 Å². The van der Waals surface area contributed by atoms with Crippen molar-refractivity contribution in [3.05, 3.63) is 48.0 Å². The van der Waals surface area contributed by atoms with Crippen LogP contribution in [0.2, 0.25) is 0 Å². The van der Waals surface area contributed by atoms with E-state index in [0.29, 0.717) is 6.42 Å². The fraction of sp³-hybridized carbons (Fsp3) is 0.400. The molecule has 0 aliphatic carbocycles. The minimum Gasteiger partial charge on any atom is -0.389 e. The van der Waals surface area contributed by atoms with Crippen molar-refractivity contribution in [2.45, 2.75) is 38.7 Å². The number of rotatable bonds is 7. The maximum Gasteiger partial charge on any atom is 0.159 e.